The normalized spacial score (nSPS) is 16.8. The van der Waals surface area contributed by atoms with E-state index in [4.69, 9.17) is 10.1 Å². The monoisotopic (exact) mass is 431 g/mol. The van der Waals surface area contributed by atoms with Gasteiger partial charge in [0.15, 0.2) is 5.65 Å². The Morgan fingerprint density at radius 1 is 1.19 bits per heavy atom. The van der Waals surface area contributed by atoms with Gasteiger partial charge in [-0.05, 0) is 71.2 Å². The van der Waals surface area contributed by atoms with E-state index in [-0.39, 0.29) is 17.4 Å². The molecule has 3 aromatic rings. The second-order valence-electron chi connectivity index (χ2n) is 9.89. The number of pyridine rings is 1. The first-order valence-electron chi connectivity index (χ1n) is 11.3. The molecule has 1 aliphatic carbocycles. The van der Waals surface area contributed by atoms with Gasteiger partial charge in [0.05, 0.1) is 22.2 Å². The van der Waals surface area contributed by atoms with Crippen molar-refractivity contribution < 1.29 is 9.59 Å². The van der Waals surface area contributed by atoms with Crippen molar-refractivity contribution in [2.24, 2.45) is 0 Å². The van der Waals surface area contributed by atoms with Crippen molar-refractivity contribution in [3.05, 3.63) is 47.3 Å². The zero-order valence-corrected chi connectivity index (χ0v) is 19.1. The van der Waals surface area contributed by atoms with E-state index in [1.165, 1.54) is 0 Å². The van der Waals surface area contributed by atoms with Crippen LogP contribution >= 0.6 is 0 Å². The standard InChI is InChI=1S/C25H29N5O2/c1-15-22-19(14-20(16-10-11-16)27-23(22)30(28-15)25(2,3)4)24(32)26-17-7-5-8-18(13-17)29-12-6-9-21(29)31/h5,7-8,13-14,16H,6,9-12H2,1-4H3,(H,26,32). The van der Waals surface area contributed by atoms with Crippen LogP contribution in [0.2, 0.25) is 0 Å². The summed E-state index contributed by atoms with van der Waals surface area (Å²) < 4.78 is 1.93. The van der Waals surface area contributed by atoms with Gasteiger partial charge in [-0.25, -0.2) is 9.67 Å². The van der Waals surface area contributed by atoms with Crippen LogP contribution in [0.15, 0.2) is 30.3 Å². The Bertz CT molecular complexity index is 1230. The summed E-state index contributed by atoms with van der Waals surface area (Å²) in [5.74, 6) is 0.364. The smallest absolute Gasteiger partial charge is 0.256 e. The van der Waals surface area contributed by atoms with Crippen LogP contribution in [0.1, 0.15) is 74.1 Å². The molecule has 1 aromatic carbocycles. The first kappa shape index (κ1) is 20.7. The molecular formula is C25H29N5O2. The Morgan fingerprint density at radius 3 is 2.62 bits per heavy atom. The van der Waals surface area contributed by atoms with Crippen molar-refractivity contribution in [1.82, 2.24) is 14.8 Å². The average Bonchev–Trinajstić information content (AvgIpc) is 3.42. The van der Waals surface area contributed by atoms with E-state index >= 15 is 0 Å². The molecule has 2 fully saturated rings. The fourth-order valence-electron chi connectivity index (χ4n) is 4.41. The van der Waals surface area contributed by atoms with Crippen LogP contribution in [0.3, 0.4) is 0 Å². The third-order valence-electron chi connectivity index (χ3n) is 6.20. The molecule has 2 aliphatic rings. The molecule has 5 rings (SSSR count). The van der Waals surface area contributed by atoms with Crippen molar-refractivity contribution in [2.75, 3.05) is 16.8 Å². The minimum atomic E-state index is -0.244. The van der Waals surface area contributed by atoms with Gasteiger partial charge in [0.1, 0.15) is 0 Å². The minimum Gasteiger partial charge on any atom is -0.322 e. The van der Waals surface area contributed by atoms with Crippen molar-refractivity contribution in [3.63, 3.8) is 0 Å². The molecule has 1 N–H and O–H groups in total. The van der Waals surface area contributed by atoms with Crippen LogP contribution < -0.4 is 10.2 Å². The van der Waals surface area contributed by atoms with E-state index in [2.05, 4.69) is 26.1 Å². The molecule has 1 aliphatic heterocycles. The Labute approximate surface area is 187 Å². The molecule has 166 valence electrons. The van der Waals surface area contributed by atoms with Crippen LogP contribution in [-0.4, -0.2) is 33.1 Å². The van der Waals surface area contributed by atoms with Crippen LogP contribution in [0.4, 0.5) is 11.4 Å². The molecule has 1 saturated carbocycles. The molecule has 3 heterocycles. The number of hydrogen-bond acceptors (Lipinski definition) is 4. The molecule has 7 heteroatoms. The fraction of sp³-hybridized carbons (Fsp3) is 0.440. The number of fused-ring (bicyclic) bond motifs is 1. The van der Waals surface area contributed by atoms with Crippen LogP contribution in [0.5, 0.6) is 0 Å². The number of aryl methyl sites for hydroxylation is 1. The largest absolute Gasteiger partial charge is 0.322 e. The lowest BCUT2D eigenvalue weighted by Crippen LogP contribution is -2.24. The predicted molar refractivity (Wildman–Crippen MR) is 125 cm³/mol. The van der Waals surface area contributed by atoms with E-state index < -0.39 is 0 Å². The predicted octanol–water partition coefficient (Wildman–Crippen LogP) is 4.75. The Balaban J connectivity index is 1.54. The van der Waals surface area contributed by atoms with Gasteiger partial charge < -0.3 is 10.2 Å². The highest BCUT2D eigenvalue weighted by atomic mass is 16.2. The number of benzene rings is 1. The Kier molecular flexibility index (Phi) is 4.80. The Hall–Kier alpha value is -3.22. The summed E-state index contributed by atoms with van der Waals surface area (Å²) in [5, 5.41) is 8.58. The zero-order chi connectivity index (χ0) is 22.6. The second-order valence-corrected chi connectivity index (χ2v) is 9.89. The number of nitrogens with one attached hydrogen (secondary N) is 1. The van der Waals surface area contributed by atoms with Crippen molar-refractivity contribution in [3.8, 4) is 0 Å². The maximum atomic E-state index is 13.5. The minimum absolute atomic E-state index is 0.128. The lowest BCUT2D eigenvalue weighted by Gasteiger charge is -2.20. The number of carbonyl (C=O) groups excluding carboxylic acids is 2. The van der Waals surface area contributed by atoms with Crippen LogP contribution in [-0.2, 0) is 10.3 Å². The molecule has 32 heavy (non-hydrogen) atoms. The van der Waals surface area contributed by atoms with Gasteiger partial charge in [-0.1, -0.05) is 6.07 Å². The summed E-state index contributed by atoms with van der Waals surface area (Å²) in [7, 11) is 0. The highest BCUT2D eigenvalue weighted by molar-refractivity contribution is 6.13. The molecule has 0 radical (unpaired) electrons. The zero-order valence-electron chi connectivity index (χ0n) is 19.1. The summed E-state index contributed by atoms with van der Waals surface area (Å²) in [4.78, 5) is 32.3. The summed E-state index contributed by atoms with van der Waals surface area (Å²) in [6.45, 7) is 8.93. The molecule has 0 unspecified atom stereocenters. The van der Waals surface area contributed by atoms with Gasteiger partial charge in [-0.2, -0.15) is 5.10 Å². The van der Waals surface area contributed by atoms with E-state index in [9.17, 15) is 9.59 Å². The lowest BCUT2D eigenvalue weighted by atomic mass is 10.1. The highest BCUT2D eigenvalue weighted by Gasteiger charge is 2.30. The molecule has 7 nitrogen and oxygen atoms in total. The lowest BCUT2D eigenvalue weighted by molar-refractivity contribution is -0.117. The summed E-state index contributed by atoms with van der Waals surface area (Å²) in [6.07, 6.45) is 3.65. The van der Waals surface area contributed by atoms with Gasteiger partial charge in [0.2, 0.25) is 5.91 Å². The first-order chi connectivity index (χ1) is 15.2. The number of amides is 2. The molecule has 1 saturated heterocycles. The van der Waals surface area contributed by atoms with Crippen LogP contribution in [0, 0.1) is 6.92 Å². The third kappa shape index (κ3) is 3.66. The average molecular weight is 432 g/mol. The maximum Gasteiger partial charge on any atom is 0.256 e. The fourth-order valence-corrected chi connectivity index (χ4v) is 4.41. The van der Waals surface area contributed by atoms with E-state index in [1.807, 2.05) is 41.9 Å². The summed E-state index contributed by atoms with van der Waals surface area (Å²) in [5.41, 5.74) is 4.38. The molecule has 0 spiro atoms. The van der Waals surface area contributed by atoms with Crippen LogP contribution in [0.25, 0.3) is 11.0 Å². The first-order valence-corrected chi connectivity index (χ1v) is 11.3. The number of carbonyl (C=O) groups is 2. The van der Waals surface area contributed by atoms with Gasteiger partial charge >= 0.3 is 0 Å². The van der Waals surface area contributed by atoms with Gasteiger partial charge in [0, 0.05) is 36.0 Å². The van der Waals surface area contributed by atoms with Gasteiger partial charge in [0.25, 0.3) is 5.91 Å². The SMILES string of the molecule is Cc1nn(C(C)(C)C)c2nc(C3CC3)cc(C(=O)Nc3cccc(N4CCCC4=O)c3)c12. The van der Waals surface area contributed by atoms with E-state index in [0.717, 1.165) is 53.9 Å². The van der Waals surface area contributed by atoms with Crippen molar-refractivity contribution >= 4 is 34.2 Å². The highest BCUT2D eigenvalue weighted by Crippen LogP contribution is 2.41. The van der Waals surface area contributed by atoms with E-state index in [1.54, 1.807) is 4.90 Å². The van der Waals surface area contributed by atoms with Gasteiger partial charge in [-0.3, -0.25) is 9.59 Å². The number of aromatic nitrogens is 3. The summed E-state index contributed by atoms with van der Waals surface area (Å²) in [6, 6.07) is 9.44. The van der Waals surface area contributed by atoms with Gasteiger partial charge in [-0.15, -0.1) is 0 Å². The van der Waals surface area contributed by atoms with Crippen molar-refractivity contribution in [1.29, 1.82) is 0 Å². The molecular weight excluding hydrogens is 402 g/mol. The molecule has 0 bridgehead atoms. The maximum absolute atomic E-state index is 13.5. The van der Waals surface area contributed by atoms with E-state index in [0.29, 0.717) is 23.6 Å². The second kappa shape index (κ2) is 7.43. The molecule has 2 aromatic heterocycles. The number of hydrogen-bond donors (Lipinski definition) is 1. The quantitative estimate of drug-likeness (QED) is 0.646. The number of anilines is 2. The number of nitrogens with zero attached hydrogens (tertiary/aromatic N) is 4. The number of rotatable bonds is 4. The van der Waals surface area contributed by atoms with Crippen molar-refractivity contribution in [2.45, 2.75) is 64.8 Å². The Morgan fingerprint density at radius 2 is 1.97 bits per heavy atom. The topological polar surface area (TPSA) is 80.1 Å². The molecule has 0 atom stereocenters. The third-order valence-corrected chi connectivity index (χ3v) is 6.20. The molecule has 2 amide bonds. The summed E-state index contributed by atoms with van der Waals surface area (Å²) >= 11 is 0.